The minimum Gasteiger partial charge on any atom is -0.508 e. The van der Waals surface area contributed by atoms with E-state index in [-0.39, 0.29) is 0 Å². The van der Waals surface area contributed by atoms with Crippen molar-refractivity contribution in [2.24, 2.45) is 11.3 Å². The molecule has 21 heavy (non-hydrogen) atoms. The minimum atomic E-state index is 0.371. The van der Waals surface area contributed by atoms with Gasteiger partial charge in [-0.2, -0.15) is 0 Å². The number of fused-ring (bicyclic) bond motifs is 5. The van der Waals surface area contributed by atoms with Crippen molar-refractivity contribution in [3.05, 3.63) is 39.9 Å². The van der Waals surface area contributed by atoms with E-state index in [4.69, 9.17) is 0 Å². The molecule has 2 aliphatic rings. The average molecular weight is 345 g/mol. The van der Waals surface area contributed by atoms with E-state index in [2.05, 4.69) is 35.8 Å². The average Bonchev–Trinajstić information content (AvgIpc) is 2.73. The molecular weight excluding hydrogens is 324 g/mol. The number of hydrogen-bond donors (Lipinski definition) is 1. The summed E-state index contributed by atoms with van der Waals surface area (Å²) in [5.41, 5.74) is 3.47. The van der Waals surface area contributed by atoms with Crippen LogP contribution in [0.4, 0.5) is 0 Å². The van der Waals surface area contributed by atoms with E-state index in [0.717, 1.165) is 12.3 Å². The van der Waals surface area contributed by atoms with Gasteiger partial charge in [0, 0.05) is 4.47 Å². The highest BCUT2D eigenvalue weighted by atomic mass is 79.9. The molecule has 0 saturated heterocycles. The van der Waals surface area contributed by atoms with Gasteiger partial charge in [0.05, 0.1) is 0 Å². The van der Waals surface area contributed by atoms with Crippen LogP contribution in [0.15, 0.2) is 28.7 Å². The smallest absolute Gasteiger partial charge is 0.116 e. The molecule has 4 rings (SSSR count). The highest BCUT2D eigenvalue weighted by Crippen LogP contribution is 2.58. The second-order valence-corrected chi connectivity index (χ2v) is 8.26. The zero-order valence-corrected chi connectivity index (χ0v) is 14.2. The molecule has 1 N–H and O–H groups in total. The molecule has 1 nitrogen and oxygen atoms in total. The van der Waals surface area contributed by atoms with Crippen LogP contribution in [0.1, 0.15) is 50.2 Å². The van der Waals surface area contributed by atoms with Gasteiger partial charge in [0.15, 0.2) is 0 Å². The predicted octanol–water partition coefficient (Wildman–Crippen LogP) is 5.77. The summed E-state index contributed by atoms with van der Waals surface area (Å²) in [7, 11) is 0. The van der Waals surface area contributed by atoms with Gasteiger partial charge < -0.3 is 5.11 Å². The number of rotatable bonds is 0. The van der Waals surface area contributed by atoms with Crippen molar-refractivity contribution in [1.29, 1.82) is 0 Å². The Morgan fingerprint density at radius 3 is 2.86 bits per heavy atom. The van der Waals surface area contributed by atoms with Gasteiger partial charge >= 0.3 is 0 Å². The number of aryl methyl sites for hydroxylation is 1. The standard InChI is InChI=1S/C19H21BrO/c1-11-7-17-16-9-18(20)14-4-3-12(21)8-15(14)13(16)5-6-19(17,2)10-11/h3-4,8-9,11,17,21H,5-7,10H2,1-2H3/t11-,17-,19+/m0/s1. The highest BCUT2D eigenvalue weighted by Gasteiger charge is 2.46. The maximum Gasteiger partial charge on any atom is 0.116 e. The van der Waals surface area contributed by atoms with Gasteiger partial charge in [-0.15, -0.1) is 0 Å². The summed E-state index contributed by atoms with van der Waals surface area (Å²) >= 11 is 3.75. The van der Waals surface area contributed by atoms with Crippen molar-refractivity contribution in [1.82, 2.24) is 0 Å². The van der Waals surface area contributed by atoms with E-state index >= 15 is 0 Å². The Balaban J connectivity index is 1.99. The molecule has 1 fully saturated rings. The van der Waals surface area contributed by atoms with E-state index in [1.807, 2.05) is 12.1 Å². The van der Waals surface area contributed by atoms with Gasteiger partial charge in [0.25, 0.3) is 0 Å². The lowest BCUT2D eigenvalue weighted by Crippen LogP contribution is -2.26. The van der Waals surface area contributed by atoms with Crippen molar-refractivity contribution in [3.63, 3.8) is 0 Å². The fourth-order valence-corrected chi connectivity index (χ4v) is 5.53. The van der Waals surface area contributed by atoms with Crippen molar-refractivity contribution in [2.75, 3.05) is 0 Å². The third kappa shape index (κ3) is 1.95. The van der Waals surface area contributed by atoms with E-state index in [9.17, 15) is 5.11 Å². The lowest BCUT2D eigenvalue weighted by atomic mass is 9.66. The van der Waals surface area contributed by atoms with Crippen LogP contribution in [0.25, 0.3) is 10.8 Å². The van der Waals surface area contributed by atoms with Crippen LogP contribution in [-0.4, -0.2) is 5.11 Å². The first-order valence-electron chi connectivity index (χ1n) is 7.92. The molecule has 0 aromatic heterocycles. The molecular formula is C19H21BrO. The lowest BCUT2D eigenvalue weighted by Gasteiger charge is -2.38. The van der Waals surface area contributed by atoms with Gasteiger partial charge in [-0.1, -0.05) is 29.8 Å². The number of phenolic OH excluding ortho intramolecular Hbond substituents is 1. The fourth-order valence-electron chi connectivity index (χ4n) is 4.93. The first-order valence-corrected chi connectivity index (χ1v) is 8.71. The van der Waals surface area contributed by atoms with Crippen molar-refractivity contribution < 1.29 is 5.11 Å². The van der Waals surface area contributed by atoms with Gasteiger partial charge in [-0.3, -0.25) is 0 Å². The molecule has 3 atom stereocenters. The van der Waals surface area contributed by atoms with E-state index in [1.54, 1.807) is 6.07 Å². The summed E-state index contributed by atoms with van der Waals surface area (Å²) in [5.74, 6) is 1.87. The maximum absolute atomic E-state index is 9.89. The second kappa shape index (κ2) is 4.49. The Morgan fingerprint density at radius 1 is 1.24 bits per heavy atom. The molecule has 2 aromatic rings. The van der Waals surface area contributed by atoms with Gasteiger partial charge in [-0.05, 0) is 89.1 Å². The lowest BCUT2D eigenvalue weighted by molar-refractivity contribution is 0.248. The number of halogens is 1. The SMILES string of the molecule is C[C@H]1C[C@H]2c3cc(Br)c4ccc(O)cc4c3CC[C@]2(C)C1. The maximum atomic E-state index is 9.89. The molecule has 0 unspecified atom stereocenters. The Labute approximate surface area is 134 Å². The Morgan fingerprint density at radius 2 is 2.05 bits per heavy atom. The molecule has 0 heterocycles. The van der Waals surface area contributed by atoms with E-state index in [0.29, 0.717) is 17.1 Å². The summed E-state index contributed by atoms with van der Waals surface area (Å²) in [6, 6.07) is 8.11. The molecule has 2 aliphatic carbocycles. The fraction of sp³-hybridized carbons (Fsp3) is 0.474. The van der Waals surface area contributed by atoms with Gasteiger partial charge in [-0.25, -0.2) is 0 Å². The van der Waals surface area contributed by atoms with Gasteiger partial charge in [0.2, 0.25) is 0 Å². The number of benzene rings is 2. The van der Waals surface area contributed by atoms with Crippen LogP contribution in [0.2, 0.25) is 0 Å². The monoisotopic (exact) mass is 344 g/mol. The summed E-state index contributed by atoms with van der Waals surface area (Å²) in [6.45, 7) is 4.87. The molecule has 1 saturated carbocycles. The van der Waals surface area contributed by atoms with Gasteiger partial charge in [0.1, 0.15) is 5.75 Å². The van der Waals surface area contributed by atoms with Crippen molar-refractivity contribution in [3.8, 4) is 5.75 Å². The first kappa shape index (κ1) is 13.6. The van der Waals surface area contributed by atoms with Crippen LogP contribution in [0, 0.1) is 11.3 Å². The molecule has 110 valence electrons. The Kier molecular flexibility index (Phi) is 2.91. The third-order valence-electron chi connectivity index (χ3n) is 5.83. The molecule has 0 spiro atoms. The largest absolute Gasteiger partial charge is 0.508 e. The molecule has 0 amide bonds. The van der Waals surface area contributed by atoms with Crippen LogP contribution in [0.3, 0.4) is 0 Å². The second-order valence-electron chi connectivity index (χ2n) is 7.41. The third-order valence-corrected chi connectivity index (χ3v) is 6.49. The normalized spacial score (nSPS) is 31.2. The number of aromatic hydroxyl groups is 1. The van der Waals surface area contributed by atoms with Crippen LogP contribution >= 0.6 is 15.9 Å². The minimum absolute atomic E-state index is 0.371. The molecule has 2 heteroatoms. The molecule has 0 radical (unpaired) electrons. The quantitative estimate of drug-likeness (QED) is 0.642. The van der Waals surface area contributed by atoms with E-state index < -0.39 is 0 Å². The summed E-state index contributed by atoms with van der Waals surface area (Å²) < 4.78 is 1.17. The molecule has 0 bridgehead atoms. The Hall–Kier alpha value is -1.02. The number of hydrogen-bond acceptors (Lipinski definition) is 1. The number of phenols is 1. The summed E-state index contributed by atoms with van der Waals surface area (Å²) in [4.78, 5) is 0. The summed E-state index contributed by atoms with van der Waals surface area (Å²) in [5, 5.41) is 12.3. The van der Waals surface area contributed by atoms with E-state index in [1.165, 1.54) is 45.6 Å². The zero-order valence-electron chi connectivity index (χ0n) is 12.6. The first-order chi connectivity index (χ1) is 9.98. The highest BCUT2D eigenvalue weighted by molar-refractivity contribution is 9.10. The van der Waals surface area contributed by atoms with Crippen molar-refractivity contribution in [2.45, 2.75) is 45.4 Å². The predicted molar refractivity (Wildman–Crippen MR) is 90.9 cm³/mol. The van der Waals surface area contributed by atoms with Crippen LogP contribution < -0.4 is 0 Å². The molecule has 2 aromatic carbocycles. The molecule has 0 aliphatic heterocycles. The van der Waals surface area contributed by atoms with Crippen LogP contribution in [-0.2, 0) is 6.42 Å². The zero-order chi connectivity index (χ0) is 14.8. The Bertz CT molecular complexity index is 736. The topological polar surface area (TPSA) is 20.2 Å². The summed E-state index contributed by atoms with van der Waals surface area (Å²) in [6.07, 6.45) is 5.08. The van der Waals surface area contributed by atoms with Crippen LogP contribution in [0.5, 0.6) is 5.75 Å². The van der Waals surface area contributed by atoms with Crippen molar-refractivity contribution >= 4 is 26.7 Å².